The van der Waals surface area contributed by atoms with Crippen LogP contribution < -0.4 is 0 Å². The summed E-state index contributed by atoms with van der Waals surface area (Å²) in [6.07, 6.45) is 2.24. The fourth-order valence-electron chi connectivity index (χ4n) is 3.36. The summed E-state index contributed by atoms with van der Waals surface area (Å²) in [5.41, 5.74) is 1.91. The highest BCUT2D eigenvalue weighted by Crippen LogP contribution is 2.41. The zero-order valence-electron chi connectivity index (χ0n) is 11.6. The smallest absolute Gasteiger partial charge is 0.310 e. The van der Waals surface area contributed by atoms with Crippen LogP contribution in [0.25, 0.3) is 5.57 Å². The van der Waals surface area contributed by atoms with Gasteiger partial charge in [-0.15, -0.1) is 0 Å². The maximum Gasteiger partial charge on any atom is 0.310 e. The van der Waals surface area contributed by atoms with Crippen LogP contribution >= 0.6 is 0 Å². The average Bonchev–Trinajstić information content (AvgIpc) is 2.72. The van der Waals surface area contributed by atoms with E-state index in [0.717, 1.165) is 11.1 Å². The quantitative estimate of drug-likeness (QED) is 0.765. The van der Waals surface area contributed by atoms with Crippen molar-refractivity contribution in [2.45, 2.75) is 18.5 Å². The third-order valence-corrected chi connectivity index (χ3v) is 4.34. The molecule has 0 radical (unpaired) electrons. The first-order valence-corrected chi connectivity index (χ1v) is 6.74. The van der Waals surface area contributed by atoms with E-state index in [0.29, 0.717) is 6.42 Å². The molecule has 104 valence electrons. The molecule has 3 atom stereocenters. The summed E-state index contributed by atoms with van der Waals surface area (Å²) in [6, 6.07) is 9.49. The Bertz CT molecular complexity index is 579. The molecule has 2 heterocycles. The number of benzene rings is 1. The van der Waals surface area contributed by atoms with Crippen molar-refractivity contribution in [3.8, 4) is 0 Å². The van der Waals surface area contributed by atoms with Crippen LogP contribution in [0.15, 0.2) is 36.4 Å². The van der Waals surface area contributed by atoms with E-state index in [4.69, 9.17) is 4.74 Å². The molecular formula is C16H17NO3. The van der Waals surface area contributed by atoms with E-state index in [-0.39, 0.29) is 29.8 Å². The van der Waals surface area contributed by atoms with Crippen LogP contribution in [0.3, 0.4) is 0 Å². The number of esters is 1. The Hall–Kier alpha value is -1.94. The first-order chi connectivity index (χ1) is 9.63. The van der Waals surface area contributed by atoms with Crippen molar-refractivity contribution >= 4 is 17.3 Å². The molecule has 1 saturated heterocycles. The predicted molar refractivity (Wildman–Crippen MR) is 74.9 cm³/mol. The van der Waals surface area contributed by atoms with Crippen molar-refractivity contribution in [3.63, 3.8) is 0 Å². The van der Waals surface area contributed by atoms with Crippen molar-refractivity contribution < 1.29 is 14.3 Å². The molecule has 2 aliphatic rings. The molecule has 1 aromatic rings. The summed E-state index contributed by atoms with van der Waals surface area (Å²) in [5, 5.41) is 0. The Morgan fingerprint density at radius 3 is 2.65 bits per heavy atom. The van der Waals surface area contributed by atoms with E-state index in [1.807, 2.05) is 42.3 Å². The van der Waals surface area contributed by atoms with Gasteiger partial charge in [0.2, 0.25) is 0 Å². The lowest BCUT2D eigenvalue weighted by atomic mass is 9.89. The zero-order valence-corrected chi connectivity index (χ0v) is 11.6. The molecule has 2 aliphatic heterocycles. The Kier molecular flexibility index (Phi) is 3.18. The van der Waals surface area contributed by atoms with E-state index in [1.165, 1.54) is 7.11 Å². The molecule has 0 saturated carbocycles. The van der Waals surface area contributed by atoms with Gasteiger partial charge < -0.3 is 4.74 Å². The predicted octanol–water partition coefficient (Wildman–Crippen LogP) is 1.51. The number of fused-ring (bicyclic) bond motifs is 2. The van der Waals surface area contributed by atoms with Crippen molar-refractivity contribution in [2.24, 2.45) is 5.92 Å². The topological polar surface area (TPSA) is 46.6 Å². The number of nitrogens with zero attached hydrogens (tertiary/aromatic N) is 1. The molecule has 0 aliphatic carbocycles. The molecule has 4 heteroatoms. The fourth-order valence-corrected chi connectivity index (χ4v) is 3.36. The Morgan fingerprint density at radius 1 is 1.30 bits per heavy atom. The number of carbonyl (C=O) groups excluding carboxylic acids is 2. The van der Waals surface area contributed by atoms with Crippen LogP contribution in [0.1, 0.15) is 12.0 Å². The van der Waals surface area contributed by atoms with Crippen molar-refractivity contribution in [1.29, 1.82) is 0 Å². The third-order valence-electron chi connectivity index (χ3n) is 4.34. The maximum absolute atomic E-state index is 12.2. The number of carbonyl (C=O) groups is 2. The first kappa shape index (κ1) is 13.1. The van der Waals surface area contributed by atoms with E-state index in [9.17, 15) is 9.59 Å². The Labute approximate surface area is 118 Å². The van der Waals surface area contributed by atoms with Gasteiger partial charge in [0.1, 0.15) is 0 Å². The summed E-state index contributed by atoms with van der Waals surface area (Å²) in [4.78, 5) is 26.2. The molecule has 0 N–H and O–H groups in total. The third kappa shape index (κ3) is 1.88. The van der Waals surface area contributed by atoms with Crippen LogP contribution in [0.4, 0.5) is 0 Å². The van der Waals surface area contributed by atoms with E-state index >= 15 is 0 Å². The zero-order chi connectivity index (χ0) is 14.3. The second-order valence-corrected chi connectivity index (χ2v) is 5.36. The summed E-state index contributed by atoms with van der Waals surface area (Å²) >= 11 is 0. The molecule has 1 aromatic carbocycles. The number of hydrogen-bond donors (Lipinski definition) is 0. The van der Waals surface area contributed by atoms with Crippen LogP contribution in [0.5, 0.6) is 0 Å². The lowest BCUT2D eigenvalue weighted by Crippen LogP contribution is -2.43. The van der Waals surface area contributed by atoms with Gasteiger partial charge in [-0.05, 0) is 30.7 Å². The number of ether oxygens (including phenoxy) is 1. The second-order valence-electron chi connectivity index (χ2n) is 5.36. The number of rotatable bonds is 2. The van der Waals surface area contributed by atoms with Gasteiger partial charge in [0.05, 0.1) is 19.1 Å². The van der Waals surface area contributed by atoms with Gasteiger partial charge in [-0.2, -0.15) is 0 Å². The van der Waals surface area contributed by atoms with Gasteiger partial charge >= 0.3 is 5.97 Å². The molecule has 0 unspecified atom stereocenters. The number of ketones is 1. The average molecular weight is 271 g/mol. The highest BCUT2D eigenvalue weighted by Gasteiger charge is 2.50. The minimum Gasteiger partial charge on any atom is -0.469 e. The maximum atomic E-state index is 12.2. The van der Waals surface area contributed by atoms with E-state index in [1.54, 1.807) is 6.08 Å². The molecule has 0 aromatic heterocycles. The van der Waals surface area contributed by atoms with Crippen LogP contribution in [-0.4, -0.2) is 42.9 Å². The monoisotopic (exact) mass is 271 g/mol. The lowest BCUT2D eigenvalue weighted by molar-refractivity contribution is -0.145. The molecule has 0 amide bonds. The summed E-state index contributed by atoms with van der Waals surface area (Å²) < 4.78 is 4.91. The van der Waals surface area contributed by atoms with Crippen LogP contribution in [-0.2, 0) is 14.3 Å². The molecule has 1 fully saturated rings. The van der Waals surface area contributed by atoms with Crippen molar-refractivity contribution in [1.82, 2.24) is 4.90 Å². The number of methoxy groups -OCH3 is 1. The minimum atomic E-state index is -0.270. The number of likely N-dealkylation sites (N-methyl/N-ethyl adjacent to an activating group) is 1. The van der Waals surface area contributed by atoms with Gasteiger partial charge in [0.15, 0.2) is 5.78 Å². The molecule has 20 heavy (non-hydrogen) atoms. The second kappa shape index (κ2) is 4.87. The highest BCUT2D eigenvalue weighted by molar-refractivity contribution is 6.05. The molecule has 4 nitrogen and oxygen atoms in total. The molecule has 2 bridgehead atoms. The Balaban J connectivity index is 2.05. The molecule has 0 spiro atoms. The largest absolute Gasteiger partial charge is 0.469 e. The summed E-state index contributed by atoms with van der Waals surface area (Å²) in [6.45, 7) is 0. The van der Waals surface area contributed by atoms with Crippen molar-refractivity contribution in [3.05, 3.63) is 42.0 Å². The minimum absolute atomic E-state index is 0.0763. The molecular weight excluding hydrogens is 254 g/mol. The fraction of sp³-hybridized carbons (Fsp3) is 0.375. The number of hydrogen-bond acceptors (Lipinski definition) is 4. The van der Waals surface area contributed by atoms with Gasteiger partial charge in [0.25, 0.3) is 0 Å². The first-order valence-electron chi connectivity index (χ1n) is 6.74. The highest BCUT2D eigenvalue weighted by atomic mass is 16.5. The van der Waals surface area contributed by atoms with Crippen LogP contribution in [0, 0.1) is 5.92 Å². The lowest BCUT2D eigenvalue weighted by Gasteiger charge is -2.32. The normalized spacial score (nSPS) is 29.2. The van der Waals surface area contributed by atoms with Gasteiger partial charge in [-0.25, -0.2) is 0 Å². The van der Waals surface area contributed by atoms with E-state index in [2.05, 4.69) is 0 Å². The Morgan fingerprint density at radius 2 is 2.00 bits per heavy atom. The SMILES string of the molecule is COC(=O)[C@@H]1C[C@H]2C(=O)C=C(c3ccccc3)[C@H]1N2C. The van der Waals surface area contributed by atoms with Crippen LogP contribution in [0.2, 0.25) is 0 Å². The van der Waals surface area contributed by atoms with Gasteiger partial charge in [-0.3, -0.25) is 14.5 Å². The molecule has 3 rings (SSSR count). The summed E-state index contributed by atoms with van der Waals surface area (Å²) in [7, 11) is 3.31. The van der Waals surface area contributed by atoms with Gasteiger partial charge in [-0.1, -0.05) is 30.3 Å². The van der Waals surface area contributed by atoms with Gasteiger partial charge in [0, 0.05) is 6.04 Å². The van der Waals surface area contributed by atoms with E-state index < -0.39 is 0 Å². The summed E-state index contributed by atoms with van der Waals surface area (Å²) in [5.74, 6) is -0.428. The standard InChI is InChI=1S/C16H17NO3/c1-17-13-8-12(16(19)20-2)15(17)11(9-14(13)18)10-6-4-3-5-7-10/h3-7,9,12-13,15H,8H2,1-2H3/t12-,13+,15-/m1/s1. The van der Waals surface area contributed by atoms with Crippen molar-refractivity contribution in [2.75, 3.05) is 14.2 Å².